The number of carbonyl (C=O) groups is 1. The molecular weight excluding hydrogens is 314 g/mol. The summed E-state index contributed by atoms with van der Waals surface area (Å²) < 4.78 is 0.894. The van der Waals surface area contributed by atoms with Gasteiger partial charge in [0.25, 0.3) is 0 Å². The lowest BCUT2D eigenvalue weighted by Gasteiger charge is -2.27. The molecule has 0 saturated carbocycles. The van der Waals surface area contributed by atoms with Gasteiger partial charge in [0, 0.05) is 10.5 Å². The second kappa shape index (κ2) is 7.40. The van der Waals surface area contributed by atoms with E-state index in [-0.39, 0.29) is 0 Å². The molecule has 0 radical (unpaired) electrons. The fraction of sp³-hybridized carbons (Fsp3) is 0.308. The molecule has 0 heterocycles. The van der Waals surface area contributed by atoms with E-state index in [1.54, 1.807) is 6.08 Å². The Labute approximate surface area is 119 Å². The standard InChI is InChI=1S/C13H16BrNO4/c14-11-3-1-2-10(6-11)4-5-12(19)15-13(7-16,8-17)9-18/h1-6,16-18H,7-9H2,(H,15,19)/b5-4+. The zero-order valence-corrected chi connectivity index (χ0v) is 11.8. The van der Waals surface area contributed by atoms with E-state index in [1.807, 2.05) is 24.3 Å². The summed E-state index contributed by atoms with van der Waals surface area (Å²) in [6.07, 6.45) is 2.87. The lowest BCUT2D eigenvalue weighted by Crippen LogP contribution is -2.56. The van der Waals surface area contributed by atoms with Crippen LogP contribution in [-0.2, 0) is 4.79 Å². The molecule has 0 fully saturated rings. The maximum Gasteiger partial charge on any atom is 0.244 e. The van der Waals surface area contributed by atoms with Crippen LogP contribution in [0.15, 0.2) is 34.8 Å². The molecule has 6 heteroatoms. The van der Waals surface area contributed by atoms with Crippen molar-refractivity contribution in [2.75, 3.05) is 19.8 Å². The van der Waals surface area contributed by atoms with Crippen LogP contribution in [0.25, 0.3) is 6.08 Å². The number of aliphatic hydroxyl groups excluding tert-OH is 3. The average Bonchev–Trinajstić information content (AvgIpc) is 2.43. The van der Waals surface area contributed by atoms with Gasteiger partial charge in [-0.05, 0) is 23.8 Å². The first-order chi connectivity index (χ1) is 9.05. The summed E-state index contributed by atoms with van der Waals surface area (Å²) in [6.45, 7) is -1.64. The number of aliphatic hydroxyl groups is 3. The van der Waals surface area contributed by atoms with E-state index in [2.05, 4.69) is 21.2 Å². The number of hydrogen-bond donors (Lipinski definition) is 4. The van der Waals surface area contributed by atoms with Crippen molar-refractivity contribution >= 4 is 27.9 Å². The molecule has 0 spiro atoms. The monoisotopic (exact) mass is 329 g/mol. The number of halogens is 1. The number of amides is 1. The van der Waals surface area contributed by atoms with E-state index in [0.717, 1.165) is 10.0 Å². The molecule has 4 N–H and O–H groups in total. The molecule has 0 aliphatic heterocycles. The highest BCUT2D eigenvalue weighted by Gasteiger charge is 2.29. The molecule has 0 saturated heterocycles. The van der Waals surface area contributed by atoms with Crippen molar-refractivity contribution in [3.05, 3.63) is 40.4 Å². The highest BCUT2D eigenvalue weighted by Crippen LogP contribution is 2.12. The van der Waals surface area contributed by atoms with E-state index in [1.165, 1.54) is 6.08 Å². The first kappa shape index (κ1) is 15.8. The fourth-order valence-corrected chi connectivity index (χ4v) is 1.77. The zero-order chi connectivity index (χ0) is 14.3. The summed E-state index contributed by atoms with van der Waals surface area (Å²) in [6, 6.07) is 7.36. The summed E-state index contributed by atoms with van der Waals surface area (Å²) in [4.78, 5) is 11.7. The van der Waals surface area contributed by atoms with Gasteiger partial charge in [0.15, 0.2) is 0 Å². The van der Waals surface area contributed by atoms with Crippen LogP contribution in [0.1, 0.15) is 5.56 Å². The van der Waals surface area contributed by atoms with Gasteiger partial charge in [-0.15, -0.1) is 0 Å². The van der Waals surface area contributed by atoms with Crippen molar-refractivity contribution in [2.45, 2.75) is 5.54 Å². The largest absolute Gasteiger partial charge is 0.394 e. The van der Waals surface area contributed by atoms with Crippen LogP contribution in [0.4, 0.5) is 0 Å². The molecule has 1 aromatic rings. The summed E-state index contributed by atoms with van der Waals surface area (Å²) in [5, 5.41) is 29.6. The first-order valence-corrected chi connectivity index (χ1v) is 6.43. The van der Waals surface area contributed by atoms with Crippen molar-refractivity contribution in [2.24, 2.45) is 0 Å². The predicted octanol–water partition coefficient (Wildman–Crippen LogP) is 0.294. The van der Waals surface area contributed by atoms with Gasteiger partial charge < -0.3 is 20.6 Å². The molecule has 0 aliphatic rings. The number of carbonyl (C=O) groups excluding carboxylic acids is 1. The van der Waals surface area contributed by atoms with Gasteiger partial charge in [0.05, 0.1) is 19.8 Å². The molecule has 0 aromatic heterocycles. The Morgan fingerprint density at radius 3 is 2.42 bits per heavy atom. The van der Waals surface area contributed by atoms with Crippen LogP contribution < -0.4 is 5.32 Å². The van der Waals surface area contributed by atoms with E-state index >= 15 is 0 Å². The van der Waals surface area contributed by atoms with E-state index in [0.29, 0.717) is 0 Å². The average molecular weight is 330 g/mol. The van der Waals surface area contributed by atoms with Gasteiger partial charge in [0.1, 0.15) is 5.54 Å². The maximum absolute atomic E-state index is 11.7. The second-order valence-electron chi connectivity index (χ2n) is 4.13. The Morgan fingerprint density at radius 1 is 1.26 bits per heavy atom. The van der Waals surface area contributed by atoms with Crippen LogP contribution in [0, 0.1) is 0 Å². The third kappa shape index (κ3) is 4.76. The van der Waals surface area contributed by atoms with E-state index in [4.69, 9.17) is 15.3 Å². The van der Waals surface area contributed by atoms with Crippen molar-refractivity contribution in [3.8, 4) is 0 Å². The number of nitrogens with one attached hydrogen (secondary N) is 1. The SMILES string of the molecule is O=C(/C=C/c1cccc(Br)c1)NC(CO)(CO)CO. The second-order valence-corrected chi connectivity index (χ2v) is 5.05. The van der Waals surface area contributed by atoms with Crippen molar-refractivity contribution < 1.29 is 20.1 Å². The molecule has 1 rings (SSSR count). The van der Waals surface area contributed by atoms with Crippen molar-refractivity contribution in [3.63, 3.8) is 0 Å². The van der Waals surface area contributed by atoms with Gasteiger partial charge >= 0.3 is 0 Å². The maximum atomic E-state index is 11.7. The van der Waals surface area contributed by atoms with Crippen LogP contribution >= 0.6 is 15.9 Å². The minimum absolute atomic E-state index is 0.503. The first-order valence-electron chi connectivity index (χ1n) is 5.63. The Morgan fingerprint density at radius 2 is 1.89 bits per heavy atom. The van der Waals surface area contributed by atoms with Gasteiger partial charge in [-0.1, -0.05) is 28.1 Å². The number of hydrogen-bond acceptors (Lipinski definition) is 4. The third-order valence-corrected chi connectivity index (χ3v) is 3.07. The van der Waals surface area contributed by atoms with Crippen molar-refractivity contribution in [1.82, 2.24) is 5.32 Å². The molecular formula is C13H16BrNO4. The predicted molar refractivity (Wildman–Crippen MR) is 75.3 cm³/mol. The van der Waals surface area contributed by atoms with Crippen LogP contribution in [0.2, 0.25) is 0 Å². The Kier molecular flexibility index (Phi) is 6.17. The molecule has 0 bridgehead atoms. The van der Waals surface area contributed by atoms with Gasteiger partial charge in [-0.25, -0.2) is 0 Å². The molecule has 104 valence electrons. The van der Waals surface area contributed by atoms with E-state index in [9.17, 15) is 4.79 Å². The fourth-order valence-electron chi connectivity index (χ4n) is 1.35. The summed E-state index contributed by atoms with van der Waals surface area (Å²) in [7, 11) is 0. The third-order valence-electron chi connectivity index (χ3n) is 2.57. The Bertz CT molecular complexity index is 449. The van der Waals surface area contributed by atoms with Crippen molar-refractivity contribution in [1.29, 1.82) is 0 Å². The molecule has 19 heavy (non-hydrogen) atoms. The van der Waals surface area contributed by atoms with Gasteiger partial charge in [-0.2, -0.15) is 0 Å². The lowest BCUT2D eigenvalue weighted by molar-refractivity contribution is -0.120. The molecule has 1 aromatic carbocycles. The minimum atomic E-state index is -1.40. The quantitative estimate of drug-likeness (QED) is 0.565. The van der Waals surface area contributed by atoms with Gasteiger partial charge in [-0.3, -0.25) is 4.79 Å². The molecule has 0 aliphatic carbocycles. The lowest BCUT2D eigenvalue weighted by atomic mass is 10.0. The highest BCUT2D eigenvalue weighted by molar-refractivity contribution is 9.10. The number of rotatable bonds is 6. The van der Waals surface area contributed by atoms with Gasteiger partial charge in [0.2, 0.25) is 5.91 Å². The molecule has 1 amide bonds. The molecule has 0 atom stereocenters. The smallest absolute Gasteiger partial charge is 0.244 e. The zero-order valence-electron chi connectivity index (χ0n) is 10.2. The molecule has 5 nitrogen and oxygen atoms in total. The Balaban J connectivity index is 2.69. The Hall–Kier alpha value is -1.21. The van der Waals surface area contributed by atoms with Crippen LogP contribution in [-0.4, -0.2) is 46.6 Å². The topological polar surface area (TPSA) is 89.8 Å². The van der Waals surface area contributed by atoms with Crippen LogP contribution in [0.5, 0.6) is 0 Å². The summed E-state index contributed by atoms with van der Waals surface area (Å²) in [5.74, 6) is -0.503. The summed E-state index contributed by atoms with van der Waals surface area (Å²) >= 11 is 3.32. The normalized spacial score (nSPS) is 11.8. The van der Waals surface area contributed by atoms with Crippen LogP contribution in [0.3, 0.4) is 0 Å². The summed E-state index contributed by atoms with van der Waals surface area (Å²) in [5.41, 5.74) is -0.578. The minimum Gasteiger partial charge on any atom is -0.394 e. The number of benzene rings is 1. The van der Waals surface area contributed by atoms with E-state index < -0.39 is 31.3 Å². The molecule has 0 unspecified atom stereocenters. The highest BCUT2D eigenvalue weighted by atomic mass is 79.9.